The summed E-state index contributed by atoms with van der Waals surface area (Å²) < 4.78 is 5.63. The van der Waals surface area contributed by atoms with Crippen molar-refractivity contribution in [1.29, 1.82) is 0 Å². The molecule has 0 aliphatic carbocycles. The Labute approximate surface area is 250 Å². The van der Waals surface area contributed by atoms with Gasteiger partial charge in [0.15, 0.2) is 0 Å². The quantitative estimate of drug-likeness (QED) is 0.315. The number of ether oxygens (including phenoxy) is 1. The van der Waals surface area contributed by atoms with Crippen molar-refractivity contribution in [3.63, 3.8) is 0 Å². The Morgan fingerprint density at radius 2 is 1.07 bits per heavy atom. The first-order valence-corrected chi connectivity index (χ1v) is 14.1. The van der Waals surface area contributed by atoms with E-state index in [2.05, 4.69) is 0 Å². The lowest BCUT2D eigenvalue weighted by atomic mass is 9.98. The summed E-state index contributed by atoms with van der Waals surface area (Å²) in [4.78, 5) is 43.9. The van der Waals surface area contributed by atoms with Gasteiger partial charge in [0, 0.05) is 48.1 Å². The van der Waals surface area contributed by atoms with Crippen molar-refractivity contribution < 1.29 is 19.1 Å². The minimum atomic E-state index is -0.900. The Morgan fingerprint density at radius 1 is 0.619 bits per heavy atom. The van der Waals surface area contributed by atoms with Crippen molar-refractivity contribution in [2.24, 2.45) is 0 Å². The molecule has 0 unspecified atom stereocenters. The van der Waals surface area contributed by atoms with E-state index in [0.29, 0.717) is 6.42 Å². The molecule has 0 fully saturated rings. The van der Waals surface area contributed by atoms with Crippen LogP contribution >= 0.6 is 0 Å². The summed E-state index contributed by atoms with van der Waals surface area (Å²) in [6.07, 6.45) is -0.0233. The van der Waals surface area contributed by atoms with Crippen LogP contribution in [0.1, 0.15) is 31.9 Å². The second-order valence-corrected chi connectivity index (χ2v) is 11.7. The third kappa shape index (κ3) is 8.66. The number of hydrogen-bond donors (Lipinski definition) is 0. The summed E-state index contributed by atoms with van der Waals surface area (Å²) in [5.74, 6) is -0.581. The topological polar surface area (TPSA) is 73.4 Å². The zero-order valence-electron chi connectivity index (χ0n) is 26.1. The van der Waals surface area contributed by atoms with Crippen molar-refractivity contribution in [3.05, 3.63) is 96.1 Å². The summed E-state index contributed by atoms with van der Waals surface area (Å²) in [5, 5.41) is 3.17. The first-order chi connectivity index (χ1) is 19.8. The van der Waals surface area contributed by atoms with E-state index < -0.39 is 23.8 Å². The van der Waals surface area contributed by atoms with Crippen LogP contribution < -0.4 is 0 Å². The lowest BCUT2D eigenvalue weighted by Crippen LogP contribution is -2.57. The van der Waals surface area contributed by atoms with Gasteiger partial charge in [0.2, 0.25) is 5.91 Å². The predicted octanol–water partition coefficient (Wildman–Crippen LogP) is 5.14. The van der Waals surface area contributed by atoms with Crippen molar-refractivity contribution in [1.82, 2.24) is 19.8 Å². The Bertz CT molecular complexity index is 1320. The third-order valence-electron chi connectivity index (χ3n) is 7.22. The zero-order chi connectivity index (χ0) is 31.0. The van der Waals surface area contributed by atoms with Crippen molar-refractivity contribution in [2.45, 2.75) is 51.3 Å². The number of hydrogen-bond acceptors (Lipinski definition) is 5. The number of amides is 3. The predicted molar refractivity (Wildman–Crippen MR) is 167 cm³/mol. The molecule has 0 aromatic heterocycles. The maximum Gasteiger partial charge on any atom is 0.410 e. The van der Waals surface area contributed by atoms with Crippen LogP contribution in [0.4, 0.5) is 4.79 Å². The summed E-state index contributed by atoms with van der Waals surface area (Å²) in [5.41, 5.74) is 3.22. The largest absolute Gasteiger partial charge is 0.444 e. The van der Waals surface area contributed by atoms with E-state index >= 15 is 0 Å². The molecule has 8 heteroatoms. The van der Waals surface area contributed by atoms with E-state index in [0.717, 1.165) is 22.3 Å². The Balaban J connectivity index is 1.96. The number of carbonyl (C=O) groups is 3. The average molecular weight is 573 g/mol. The SMILES string of the molecule is CN(C(=O)OC(C)(C)C)[C@H](Cc1ccc(-c2ccccc2)cc1)C(=O)N(C)[C@H](Cc1ccccc1)C(=O)N(C)N(C)C. The molecule has 3 rings (SSSR count). The molecule has 3 amide bonds. The number of benzene rings is 3. The highest BCUT2D eigenvalue weighted by Gasteiger charge is 2.37. The maximum atomic E-state index is 14.3. The van der Waals surface area contributed by atoms with E-state index in [1.807, 2.05) is 84.9 Å². The molecule has 0 N–H and O–H groups in total. The molecule has 0 saturated carbocycles. The second kappa shape index (κ2) is 14.1. The molecule has 0 heterocycles. The molecule has 224 valence electrons. The van der Waals surface area contributed by atoms with Crippen LogP contribution in [0, 0.1) is 0 Å². The summed E-state index contributed by atoms with van der Waals surface area (Å²) in [6.45, 7) is 5.36. The van der Waals surface area contributed by atoms with Gasteiger partial charge in [-0.15, -0.1) is 0 Å². The molecule has 0 aliphatic heterocycles. The number of rotatable bonds is 10. The highest BCUT2D eigenvalue weighted by molar-refractivity contribution is 5.91. The van der Waals surface area contributed by atoms with Gasteiger partial charge in [0.05, 0.1) is 0 Å². The third-order valence-corrected chi connectivity index (χ3v) is 7.22. The van der Waals surface area contributed by atoms with Crippen LogP contribution in [0.15, 0.2) is 84.9 Å². The number of hydrazine groups is 1. The summed E-state index contributed by atoms with van der Waals surface area (Å²) >= 11 is 0. The lowest BCUT2D eigenvalue weighted by Gasteiger charge is -2.37. The average Bonchev–Trinajstić information content (AvgIpc) is 2.97. The minimum Gasteiger partial charge on any atom is -0.444 e. The smallest absolute Gasteiger partial charge is 0.410 e. The van der Waals surface area contributed by atoms with Crippen LogP contribution in [-0.2, 0) is 27.2 Å². The fraction of sp³-hybridized carbons (Fsp3) is 0.382. The molecule has 0 aliphatic rings. The Kier molecular flexibility index (Phi) is 10.9. The van der Waals surface area contributed by atoms with Crippen molar-refractivity contribution in [3.8, 4) is 11.1 Å². The fourth-order valence-corrected chi connectivity index (χ4v) is 4.57. The highest BCUT2D eigenvalue weighted by atomic mass is 16.6. The Hall–Kier alpha value is -4.17. The Morgan fingerprint density at radius 3 is 1.57 bits per heavy atom. The molecule has 0 spiro atoms. The lowest BCUT2D eigenvalue weighted by molar-refractivity contribution is -0.153. The normalized spacial score (nSPS) is 12.8. The first kappa shape index (κ1) is 32.3. The molecular formula is C34H44N4O4. The van der Waals surface area contributed by atoms with Gasteiger partial charge in [0.25, 0.3) is 5.91 Å². The van der Waals surface area contributed by atoms with E-state index in [4.69, 9.17) is 4.74 Å². The molecule has 3 aromatic rings. The monoisotopic (exact) mass is 572 g/mol. The van der Waals surface area contributed by atoms with Crippen LogP contribution in [0.2, 0.25) is 0 Å². The van der Waals surface area contributed by atoms with Crippen LogP contribution in [-0.4, -0.2) is 90.6 Å². The van der Waals surface area contributed by atoms with Gasteiger partial charge in [-0.2, -0.15) is 0 Å². The maximum absolute atomic E-state index is 14.3. The van der Waals surface area contributed by atoms with Gasteiger partial charge in [-0.25, -0.2) is 9.80 Å². The van der Waals surface area contributed by atoms with Gasteiger partial charge in [-0.3, -0.25) is 19.5 Å². The van der Waals surface area contributed by atoms with E-state index in [1.54, 1.807) is 61.0 Å². The fourth-order valence-electron chi connectivity index (χ4n) is 4.57. The van der Waals surface area contributed by atoms with Gasteiger partial charge in [0.1, 0.15) is 17.7 Å². The van der Waals surface area contributed by atoms with E-state index in [9.17, 15) is 14.4 Å². The van der Waals surface area contributed by atoms with Gasteiger partial charge in [-0.1, -0.05) is 84.9 Å². The number of carbonyl (C=O) groups excluding carboxylic acids is 3. The van der Waals surface area contributed by atoms with Crippen molar-refractivity contribution >= 4 is 17.9 Å². The summed E-state index contributed by atoms with van der Waals surface area (Å²) in [6, 6.07) is 25.9. The first-order valence-electron chi connectivity index (χ1n) is 14.1. The molecule has 0 bridgehead atoms. The highest BCUT2D eigenvalue weighted by Crippen LogP contribution is 2.22. The van der Waals surface area contributed by atoms with E-state index in [1.165, 1.54) is 14.8 Å². The molecule has 3 aromatic carbocycles. The van der Waals surface area contributed by atoms with Crippen LogP contribution in [0.25, 0.3) is 11.1 Å². The molecule has 8 nitrogen and oxygen atoms in total. The van der Waals surface area contributed by atoms with E-state index in [-0.39, 0.29) is 18.2 Å². The molecule has 0 radical (unpaired) electrons. The molecule has 2 atom stereocenters. The van der Waals surface area contributed by atoms with Gasteiger partial charge >= 0.3 is 6.09 Å². The number of nitrogens with zero attached hydrogens (tertiary/aromatic N) is 4. The molecule has 0 saturated heterocycles. The zero-order valence-corrected chi connectivity index (χ0v) is 26.1. The standard InChI is InChI=1S/C34H44N4O4/c1-34(2,3)42-33(41)37(7)29(24-26-19-21-28(22-20-26)27-17-13-10-14-18-27)31(39)36(6)30(32(40)38(8)35(4)5)23-25-15-11-9-12-16-25/h9-22,29-30H,23-24H2,1-8H3/t29-,30-/m1/s1. The number of likely N-dealkylation sites (N-methyl/N-ethyl adjacent to an activating group) is 3. The summed E-state index contributed by atoms with van der Waals surface area (Å²) in [7, 11) is 8.43. The van der Waals surface area contributed by atoms with Crippen LogP contribution in [0.5, 0.6) is 0 Å². The molecule has 42 heavy (non-hydrogen) atoms. The van der Waals surface area contributed by atoms with Gasteiger partial charge in [-0.05, 0) is 43.0 Å². The van der Waals surface area contributed by atoms with Crippen molar-refractivity contribution in [2.75, 3.05) is 35.2 Å². The second-order valence-electron chi connectivity index (χ2n) is 11.7. The van der Waals surface area contributed by atoms with Gasteiger partial charge < -0.3 is 9.64 Å². The molecular weight excluding hydrogens is 528 g/mol. The van der Waals surface area contributed by atoms with Crippen LogP contribution in [0.3, 0.4) is 0 Å². The minimum absolute atomic E-state index is 0.231.